The van der Waals surface area contributed by atoms with Crippen LogP contribution in [0.1, 0.15) is 12.8 Å². The second-order valence-corrected chi connectivity index (χ2v) is 6.02. The number of hydrogen-bond donors (Lipinski definition) is 1. The molecule has 2 aromatic heterocycles. The van der Waals surface area contributed by atoms with Crippen LogP contribution in [-0.2, 0) is 4.79 Å². The number of amides is 1. The van der Waals surface area contributed by atoms with Crippen molar-refractivity contribution in [2.75, 3.05) is 18.0 Å². The minimum absolute atomic E-state index is 0.134. The van der Waals surface area contributed by atoms with Crippen LogP contribution in [0, 0.1) is 5.92 Å². The standard InChI is InChI=1S/C17H18N6O/c18-16(24)13-7-4-8-22(10-13)15-9-14(12-5-2-1-3-6-12)21-17-19-11-20-23(15)17/h1-3,5-6,9,11,13H,4,7-8,10H2,(H2,18,24). The normalized spacial score (nSPS) is 18.0. The second-order valence-electron chi connectivity index (χ2n) is 6.02. The largest absolute Gasteiger partial charge is 0.369 e. The summed E-state index contributed by atoms with van der Waals surface area (Å²) in [6.45, 7) is 1.46. The van der Waals surface area contributed by atoms with Gasteiger partial charge < -0.3 is 10.6 Å². The first-order chi connectivity index (χ1) is 11.7. The van der Waals surface area contributed by atoms with Crippen LogP contribution in [0.4, 0.5) is 5.82 Å². The van der Waals surface area contributed by atoms with Crippen molar-refractivity contribution < 1.29 is 4.79 Å². The maximum atomic E-state index is 11.6. The van der Waals surface area contributed by atoms with E-state index in [1.54, 1.807) is 4.52 Å². The Hall–Kier alpha value is -2.96. The van der Waals surface area contributed by atoms with E-state index >= 15 is 0 Å². The van der Waals surface area contributed by atoms with Crippen LogP contribution in [-0.4, -0.2) is 38.6 Å². The Morgan fingerprint density at radius 2 is 2.08 bits per heavy atom. The molecule has 0 bridgehead atoms. The molecule has 0 saturated carbocycles. The number of nitrogens with two attached hydrogens (primary N) is 1. The molecule has 1 aliphatic rings. The van der Waals surface area contributed by atoms with E-state index < -0.39 is 0 Å². The first-order valence-electron chi connectivity index (χ1n) is 8.03. The highest BCUT2D eigenvalue weighted by molar-refractivity contribution is 5.77. The van der Waals surface area contributed by atoms with Crippen molar-refractivity contribution in [3.63, 3.8) is 0 Å². The average Bonchev–Trinajstić information content (AvgIpc) is 3.10. The third-order valence-electron chi connectivity index (χ3n) is 4.45. The van der Waals surface area contributed by atoms with Crippen molar-refractivity contribution in [3.05, 3.63) is 42.7 Å². The van der Waals surface area contributed by atoms with E-state index in [2.05, 4.69) is 20.0 Å². The molecule has 7 heteroatoms. The van der Waals surface area contributed by atoms with Gasteiger partial charge in [0.15, 0.2) is 0 Å². The summed E-state index contributed by atoms with van der Waals surface area (Å²) in [7, 11) is 0. The summed E-state index contributed by atoms with van der Waals surface area (Å²) in [4.78, 5) is 22.6. The van der Waals surface area contributed by atoms with E-state index in [-0.39, 0.29) is 11.8 Å². The summed E-state index contributed by atoms with van der Waals surface area (Å²) < 4.78 is 1.72. The third-order valence-corrected chi connectivity index (χ3v) is 4.45. The number of hydrogen-bond acceptors (Lipinski definition) is 5. The SMILES string of the molecule is NC(=O)C1CCCN(c2cc(-c3ccccc3)nc3ncnn23)C1. The average molecular weight is 322 g/mol. The lowest BCUT2D eigenvalue weighted by Crippen LogP contribution is -2.42. The molecule has 1 unspecified atom stereocenters. The maximum absolute atomic E-state index is 11.6. The smallest absolute Gasteiger partial charge is 0.254 e. The van der Waals surface area contributed by atoms with E-state index in [4.69, 9.17) is 5.73 Å². The fourth-order valence-electron chi connectivity index (χ4n) is 3.20. The minimum atomic E-state index is -0.244. The number of rotatable bonds is 3. The van der Waals surface area contributed by atoms with Crippen LogP contribution in [0.15, 0.2) is 42.7 Å². The van der Waals surface area contributed by atoms with Gasteiger partial charge in [0, 0.05) is 24.7 Å². The monoisotopic (exact) mass is 322 g/mol. The molecule has 1 fully saturated rings. The molecular formula is C17H18N6O. The lowest BCUT2D eigenvalue weighted by Gasteiger charge is -2.32. The van der Waals surface area contributed by atoms with Gasteiger partial charge in [0.1, 0.15) is 12.1 Å². The molecule has 1 atom stereocenters. The fraction of sp³-hybridized carbons (Fsp3) is 0.294. The van der Waals surface area contributed by atoms with Gasteiger partial charge in [-0.1, -0.05) is 30.3 Å². The van der Waals surface area contributed by atoms with Crippen LogP contribution in [0.5, 0.6) is 0 Å². The molecule has 3 aromatic rings. The second kappa shape index (κ2) is 5.92. The van der Waals surface area contributed by atoms with Gasteiger partial charge >= 0.3 is 0 Å². The number of piperidine rings is 1. The van der Waals surface area contributed by atoms with Crippen molar-refractivity contribution >= 4 is 17.5 Å². The Kier molecular flexibility index (Phi) is 3.60. The molecule has 1 aliphatic heterocycles. The van der Waals surface area contributed by atoms with Gasteiger partial charge in [-0.05, 0) is 12.8 Å². The number of anilines is 1. The number of primary amides is 1. The van der Waals surface area contributed by atoms with Crippen molar-refractivity contribution in [1.82, 2.24) is 19.6 Å². The van der Waals surface area contributed by atoms with Crippen LogP contribution >= 0.6 is 0 Å². The molecule has 1 aromatic carbocycles. The van der Waals surface area contributed by atoms with Gasteiger partial charge in [0.05, 0.1) is 11.6 Å². The minimum Gasteiger partial charge on any atom is -0.369 e. The molecule has 1 saturated heterocycles. The summed E-state index contributed by atoms with van der Waals surface area (Å²) in [6, 6.07) is 12.0. The topological polar surface area (TPSA) is 89.4 Å². The highest BCUT2D eigenvalue weighted by Crippen LogP contribution is 2.27. The Bertz CT molecular complexity index is 875. The molecule has 3 heterocycles. The predicted octanol–water partition coefficient (Wildman–Crippen LogP) is 1.49. The zero-order chi connectivity index (χ0) is 16.5. The predicted molar refractivity (Wildman–Crippen MR) is 90.3 cm³/mol. The Balaban J connectivity index is 1.79. The molecule has 0 spiro atoms. The van der Waals surface area contributed by atoms with Crippen LogP contribution in [0.2, 0.25) is 0 Å². The van der Waals surface area contributed by atoms with E-state index in [0.29, 0.717) is 12.3 Å². The first-order valence-corrected chi connectivity index (χ1v) is 8.03. The molecule has 2 N–H and O–H groups in total. The fourth-order valence-corrected chi connectivity index (χ4v) is 3.20. The van der Waals surface area contributed by atoms with Crippen molar-refractivity contribution in [3.8, 4) is 11.3 Å². The van der Waals surface area contributed by atoms with Crippen molar-refractivity contribution in [2.45, 2.75) is 12.8 Å². The molecule has 1 amide bonds. The first kappa shape index (κ1) is 14.6. The number of carbonyl (C=O) groups excluding carboxylic acids is 1. The van der Waals surface area contributed by atoms with Gasteiger partial charge in [0.2, 0.25) is 5.91 Å². The highest BCUT2D eigenvalue weighted by Gasteiger charge is 2.26. The van der Waals surface area contributed by atoms with Crippen molar-refractivity contribution in [2.24, 2.45) is 11.7 Å². The molecule has 122 valence electrons. The van der Waals surface area contributed by atoms with Crippen LogP contribution in [0.25, 0.3) is 17.0 Å². The van der Waals surface area contributed by atoms with Gasteiger partial charge in [-0.25, -0.2) is 4.98 Å². The maximum Gasteiger partial charge on any atom is 0.254 e. The Labute approximate surface area is 139 Å². The Morgan fingerprint density at radius 1 is 1.25 bits per heavy atom. The summed E-state index contributed by atoms with van der Waals surface area (Å²) in [5.41, 5.74) is 7.37. The van der Waals surface area contributed by atoms with Crippen LogP contribution in [0.3, 0.4) is 0 Å². The quantitative estimate of drug-likeness (QED) is 0.789. The lowest BCUT2D eigenvalue weighted by molar-refractivity contribution is -0.122. The zero-order valence-electron chi connectivity index (χ0n) is 13.2. The van der Waals surface area contributed by atoms with E-state index in [9.17, 15) is 4.79 Å². The van der Waals surface area contributed by atoms with E-state index in [1.807, 2.05) is 36.4 Å². The molecule has 24 heavy (non-hydrogen) atoms. The van der Waals surface area contributed by atoms with Crippen LogP contribution < -0.4 is 10.6 Å². The summed E-state index contributed by atoms with van der Waals surface area (Å²) >= 11 is 0. The summed E-state index contributed by atoms with van der Waals surface area (Å²) in [5, 5.41) is 4.28. The van der Waals surface area contributed by atoms with E-state index in [0.717, 1.165) is 36.5 Å². The molecular weight excluding hydrogens is 304 g/mol. The van der Waals surface area contributed by atoms with E-state index in [1.165, 1.54) is 6.33 Å². The third kappa shape index (κ3) is 2.58. The summed E-state index contributed by atoms with van der Waals surface area (Å²) in [5.74, 6) is 1.06. The van der Waals surface area contributed by atoms with Gasteiger partial charge in [-0.15, -0.1) is 0 Å². The molecule has 4 rings (SSSR count). The van der Waals surface area contributed by atoms with Gasteiger partial charge in [0.25, 0.3) is 5.78 Å². The summed E-state index contributed by atoms with van der Waals surface area (Å²) in [6.07, 6.45) is 3.26. The number of benzene rings is 1. The van der Waals surface area contributed by atoms with Gasteiger partial charge in [-0.2, -0.15) is 14.6 Å². The highest BCUT2D eigenvalue weighted by atomic mass is 16.1. The number of nitrogens with zero attached hydrogens (tertiary/aromatic N) is 5. The molecule has 0 radical (unpaired) electrons. The van der Waals surface area contributed by atoms with Crippen molar-refractivity contribution in [1.29, 1.82) is 0 Å². The lowest BCUT2D eigenvalue weighted by atomic mass is 9.97. The number of carbonyl (C=O) groups is 1. The zero-order valence-corrected chi connectivity index (χ0v) is 13.2. The Morgan fingerprint density at radius 3 is 2.88 bits per heavy atom. The molecule has 0 aliphatic carbocycles. The number of fused-ring (bicyclic) bond motifs is 1. The number of aromatic nitrogens is 4. The van der Waals surface area contributed by atoms with Gasteiger partial charge in [-0.3, -0.25) is 4.79 Å². The molecule has 7 nitrogen and oxygen atoms in total.